The molecule has 0 aliphatic carbocycles. The first-order valence-corrected chi connectivity index (χ1v) is 5.17. The number of morpholine rings is 1. The topological polar surface area (TPSA) is 44.7 Å². The minimum Gasteiger partial charge on any atom is -0.379 e. The Kier molecular flexibility index (Phi) is 3.55. The predicted molar refractivity (Wildman–Crippen MR) is 57.9 cm³/mol. The van der Waals surface area contributed by atoms with Gasteiger partial charge in [-0.2, -0.15) is 0 Å². The van der Waals surface area contributed by atoms with Gasteiger partial charge in [-0.3, -0.25) is 15.6 Å². The van der Waals surface area contributed by atoms with Gasteiger partial charge in [0.05, 0.1) is 18.9 Å². The van der Waals surface area contributed by atoms with E-state index in [0.29, 0.717) is 0 Å². The van der Waals surface area contributed by atoms with Gasteiger partial charge in [0, 0.05) is 19.6 Å². The summed E-state index contributed by atoms with van der Waals surface area (Å²) in [5, 5.41) is 8.67. The quantitative estimate of drug-likeness (QED) is 0.735. The van der Waals surface area contributed by atoms with Crippen LogP contribution in [0, 0.1) is 0 Å². The Bertz CT molecular complexity index is 294. The van der Waals surface area contributed by atoms with E-state index in [-0.39, 0.29) is 0 Å². The van der Waals surface area contributed by atoms with Gasteiger partial charge >= 0.3 is 0 Å². The zero-order valence-corrected chi connectivity index (χ0v) is 8.65. The van der Waals surface area contributed by atoms with Crippen molar-refractivity contribution in [1.29, 1.82) is 0 Å². The lowest BCUT2D eigenvalue weighted by Gasteiger charge is -2.26. The molecule has 15 heavy (non-hydrogen) atoms. The number of nitrogens with zero attached hydrogens (tertiary/aromatic N) is 1. The van der Waals surface area contributed by atoms with Gasteiger partial charge in [0.15, 0.2) is 0 Å². The molecule has 0 unspecified atom stereocenters. The van der Waals surface area contributed by atoms with Crippen molar-refractivity contribution in [2.24, 2.45) is 0 Å². The van der Waals surface area contributed by atoms with Crippen LogP contribution in [0.1, 0.15) is 5.56 Å². The van der Waals surface area contributed by atoms with E-state index in [0.717, 1.165) is 38.5 Å². The highest BCUT2D eigenvalue weighted by Gasteiger charge is 2.10. The second-order valence-corrected chi connectivity index (χ2v) is 3.70. The third-order valence-corrected chi connectivity index (χ3v) is 2.59. The van der Waals surface area contributed by atoms with Crippen molar-refractivity contribution in [3.63, 3.8) is 0 Å². The van der Waals surface area contributed by atoms with Crippen LogP contribution in [-0.2, 0) is 11.3 Å². The molecule has 2 rings (SSSR count). The molecule has 1 aliphatic rings. The Morgan fingerprint density at radius 1 is 1.20 bits per heavy atom. The lowest BCUT2D eigenvalue weighted by Crippen LogP contribution is -2.35. The molecular weight excluding hydrogens is 192 g/mol. The van der Waals surface area contributed by atoms with Crippen molar-refractivity contribution in [3.05, 3.63) is 29.8 Å². The summed E-state index contributed by atoms with van der Waals surface area (Å²) in [5.41, 5.74) is 4.11. The van der Waals surface area contributed by atoms with Crippen molar-refractivity contribution in [2.75, 3.05) is 31.8 Å². The number of rotatable bonds is 3. The maximum absolute atomic E-state index is 8.67. The number of anilines is 1. The van der Waals surface area contributed by atoms with Crippen molar-refractivity contribution < 1.29 is 9.94 Å². The maximum atomic E-state index is 8.67. The molecular formula is C11H16N2O2. The van der Waals surface area contributed by atoms with E-state index in [2.05, 4.69) is 10.4 Å². The third kappa shape index (κ3) is 2.92. The van der Waals surface area contributed by atoms with Gasteiger partial charge in [0.25, 0.3) is 0 Å². The van der Waals surface area contributed by atoms with Crippen LogP contribution in [0.15, 0.2) is 24.3 Å². The minimum atomic E-state index is 0.723. The van der Waals surface area contributed by atoms with Crippen molar-refractivity contribution in [1.82, 2.24) is 4.90 Å². The van der Waals surface area contributed by atoms with Crippen LogP contribution in [0.25, 0.3) is 0 Å². The van der Waals surface area contributed by atoms with E-state index in [9.17, 15) is 0 Å². The summed E-state index contributed by atoms with van der Waals surface area (Å²) in [7, 11) is 0. The number of nitrogens with one attached hydrogen (secondary N) is 1. The Balaban J connectivity index is 1.91. The van der Waals surface area contributed by atoms with Gasteiger partial charge in [-0.25, -0.2) is 0 Å². The molecule has 1 aromatic carbocycles. The molecule has 1 fully saturated rings. The van der Waals surface area contributed by atoms with Crippen LogP contribution in [0.5, 0.6) is 0 Å². The molecule has 1 saturated heterocycles. The molecule has 0 saturated carbocycles. The lowest BCUT2D eigenvalue weighted by atomic mass is 10.2. The Morgan fingerprint density at radius 2 is 1.87 bits per heavy atom. The normalized spacial score (nSPS) is 17.7. The molecule has 0 bridgehead atoms. The molecule has 1 aromatic rings. The number of benzene rings is 1. The van der Waals surface area contributed by atoms with E-state index in [1.165, 1.54) is 5.56 Å². The van der Waals surface area contributed by atoms with Gasteiger partial charge in [-0.1, -0.05) is 12.1 Å². The van der Waals surface area contributed by atoms with Crippen molar-refractivity contribution in [2.45, 2.75) is 6.54 Å². The fraction of sp³-hybridized carbons (Fsp3) is 0.455. The molecule has 0 radical (unpaired) electrons. The molecule has 0 aromatic heterocycles. The SMILES string of the molecule is ONc1ccc(CN2CCOCC2)cc1. The average Bonchev–Trinajstić information content (AvgIpc) is 2.31. The molecule has 2 N–H and O–H groups in total. The maximum Gasteiger partial charge on any atom is 0.0602 e. The Hall–Kier alpha value is -1.10. The molecule has 0 spiro atoms. The smallest absolute Gasteiger partial charge is 0.0602 e. The fourth-order valence-corrected chi connectivity index (χ4v) is 1.70. The number of ether oxygens (including phenoxy) is 1. The van der Waals surface area contributed by atoms with Gasteiger partial charge in [0.2, 0.25) is 0 Å². The molecule has 1 heterocycles. The van der Waals surface area contributed by atoms with E-state index in [4.69, 9.17) is 9.94 Å². The summed E-state index contributed by atoms with van der Waals surface area (Å²) in [6.45, 7) is 4.61. The van der Waals surface area contributed by atoms with Crippen LogP contribution in [0.2, 0.25) is 0 Å². The lowest BCUT2D eigenvalue weighted by molar-refractivity contribution is 0.0342. The monoisotopic (exact) mass is 208 g/mol. The summed E-state index contributed by atoms with van der Waals surface area (Å²) in [6, 6.07) is 7.79. The molecule has 4 nitrogen and oxygen atoms in total. The van der Waals surface area contributed by atoms with Crippen LogP contribution < -0.4 is 5.48 Å². The second-order valence-electron chi connectivity index (χ2n) is 3.70. The molecule has 0 atom stereocenters. The van der Waals surface area contributed by atoms with E-state index < -0.39 is 0 Å². The highest BCUT2D eigenvalue weighted by molar-refractivity contribution is 5.42. The Morgan fingerprint density at radius 3 is 2.47 bits per heavy atom. The van der Waals surface area contributed by atoms with Crippen LogP contribution in [0.3, 0.4) is 0 Å². The Labute approximate surface area is 89.4 Å². The molecule has 0 amide bonds. The standard InChI is InChI=1S/C11H16N2O2/c14-12-11-3-1-10(2-4-11)9-13-5-7-15-8-6-13/h1-4,12,14H,5-9H2. The molecule has 4 heteroatoms. The first-order valence-electron chi connectivity index (χ1n) is 5.17. The molecule has 1 aliphatic heterocycles. The minimum absolute atomic E-state index is 0.723. The fourth-order valence-electron chi connectivity index (χ4n) is 1.70. The second kappa shape index (κ2) is 5.11. The zero-order valence-electron chi connectivity index (χ0n) is 8.65. The summed E-state index contributed by atoms with van der Waals surface area (Å²) in [6.07, 6.45) is 0. The highest BCUT2D eigenvalue weighted by Crippen LogP contribution is 2.11. The van der Waals surface area contributed by atoms with Gasteiger partial charge in [-0.15, -0.1) is 0 Å². The van der Waals surface area contributed by atoms with Crippen LogP contribution in [-0.4, -0.2) is 36.4 Å². The van der Waals surface area contributed by atoms with Crippen molar-refractivity contribution >= 4 is 5.69 Å². The van der Waals surface area contributed by atoms with Gasteiger partial charge in [0.1, 0.15) is 0 Å². The van der Waals surface area contributed by atoms with E-state index in [1.807, 2.05) is 24.3 Å². The zero-order chi connectivity index (χ0) is 10.5. The first-order chi connectivity index (χ1) is 7.38. The summed E-state index contributed by atoms with van der Waals surface area (Å²) in [4.78, 5) is 2.37. The largest absolute Gasteiger partial charge is 0.379 e. The number of hydrogen-bond donors (Lipinski definition) is 2. The summed E-state index contributed by atoms with van der Waals surface area (Å²) >= 11 is 0. The van der Waals surface area contributed by atoms with Crippen LogP contribution >= 0.6 is 0 Å². The van der Waals surface area contributed by atoms with Crippen LogP contribution in [0.4, 0.5) is 5.69 Å². The third-order valence-electron chi connectivity index (χ3n) is 2.59. The van der Waals surface area contributed by atoms with E-state index >= 15 is 0 Å². The predicted octanol–water partition coefficient (Wildman–Crippen LogP) is 1.32. The van der Waals surface area contributed by atoms with Gasteiger partial charge < -0.3 is 4.74 Å². The first kappa shape index (κ1) is 10.4. The molecule has 82 valence electrons. The van der Waals surface area contributed by atoms with E-state index in [1.54, 1.807) is 0 Å². The number of hydrogen-bond acceptors (Lipinski definition) is 4. The van der Waals surface area contributed by atoms with Crippen molar-refractivity contribution in [3.8, 4) is 0 Å². The highest BCUT2D eigenvalue weighted by atomic mass is 16.5. The summed E-state index contributed by atoms with van der Waals surface area (Å²) in [5.74, 6) is 0. The summed E-state index contributed by atoms with van der Waals surface area (Å²) < 4.78 is 5.29. The average molecular weight is 208 g/mol. The van der Waals surface area contributed by atoms with Gasteiger partial charge in [-0.05, 0) is 17.7 Å².